The third-order valence-electron chi connectivity index (χ3n) is 3.42. The molecule has 1 aromatic rings. The van der Waals surface area contributed by atoms with E-state index in [0.29, 0.717) is 18.5 Å². The Bertz CT molecular complexity index is 456. The molecule has 2 rings (SSSR count). The van der Waals surface area contributed by atoms with Crippen molar-refractivity contribution in [3.05, 3.63) is 29.8 Å². The summed E-state index contributed by atoms with van der Waals surface area (Å²) in [6.45, 7) is 0.935. The first kappa shape index (κ1) is 14.1. The molecular formula is C15H19NO2S. The number of hydrogen-bond donors (Lipinski definition) is 0. The second-order valence-corrected chi connectivity index (χ2v) is 5.66. The summed E-state index contributed by atoms with van der Waals surface area (Å²) in [5.74, 6) is 0.148. The van der Waals surface area contributed by atoms with Gasteiger partial charge in [0.1, 0.15) is 0 Å². The largest absolute Gasteiger partial charge is 0.335 e. The number of likely N-dealkylation sites (tertiary alicyclic amines) is 1. The summed E-state index contributed by atoms with van der Waals surface area (Å²) in [4.78, 5) is 26.9. The van der Waals surface area contributed by atoms with Gasteiger partial charge in [0.25, 0.3) is 0 Å². The van der Waals surface area contributed by atoms with Gasteiger partial charge in [-0.25, -0.2) is 0 Å². The molecule has 0 radical (unpaired) electrons. The minimum absolute atomic E-state index is 0.0305. The summed E-state index contributed by atoms with van der Waals surface area (Å²) >= 11 is 1.65. The van der Waals surface area contributed by atoms with Crippen LogP contribution >= 0.6 is 11.8 Å². The molecule has 1 saturated heterocycles. The minimum atomic E-state index is 0.0305. The molecule has 0 atom stereocenters. The van der Waals surface area contributed by atoms with Crippen molar-refractivity contribution in [2.75, 3.05) is 19.3 Å². The van der Waals surface area contributed by atoms with Crippen molar-refractivity contribution in [1.82, 2.24) is 4.90 Å². The van der Waals surface area contributed by atoms with E-state index in [0.717, 1.165) is 24.2 Å². The number of ketones is 1. The van der Waals surface area contributed by atoms with Crippen LogP contribution in [0, 0.1) is 0 Å². The van der Waals surface area contributed by atoms with E-state index in [1.54, 1.807) is 16.7 Å². The number of carbonyl (C=O) groups excluding carboxylic acids is 2. The van der Waals surface area contributed by atoms with Crippen LogP contribution < -0.4 is 0 Å². The molecule has 0 saturated carbocycles. The summed E-state index contributed by atoms with van der Waals surface area (Å²) in [6, 6.07) is 7.58. The standard InChI is InChI=1S/C15H19NO2S/c1-19-13-8-6-12(7-9-13)14(17)11-16-10-4-2-3-5-15(16)18/h6-9H,2-5,10-11H2,1H3. The molecule has 0 aliphatic carbocycles. The predicted molar refractivity (Wildman–Crippen MR) is 77.6 cm³/mol. The molecular weight excluding hydrogens is 258 g/mol. The number of thioether (sulfide) groups is 1. The van der Waals surface area contributed by atoms with Crippen LogP contribution in [0.25, 0.3) is 0 Å². The first-order valence-electron chi connectivity index (χ1n) is 6.66. The van der Waals surface area contributed by atoms with Crippen LogP contribution in [0.1, 0.15) is 36.0 Å². The van der Waals surface area contributed by atoms with E-state index in [-0.39, 0.29) is 18.2 Å². The molecule has 4 heteroatoms. The van der Waals surface area contributed by atoms with Gasteiger partial charge in [0, 0.05) is 23.4 Å². The molecule has 3 nitrogen and oxygen atoms in total. The van der Waals surface area contributed by atoms with Crippen molar-refractivity contribution in [2.45, 2.75) is 30.6 Å². The Balaban J connectivity index is 2.00. The monoisotopic (exact) mass is 277 g/mol. The number of carbonyl (C=O) groups is 2. The summed E-state index contributed by atoms with van der Waals surface area (Å²) in [7, 11) is 0. The fourth-order valence-corrected chi connectivity index (χ4v) is 2.66. The molecule has 0 spiro atoms. The van der Waals surface area contributed by atoms with Crippen molar-refractivity contribution in [1.29, 1.82) is 0 Å². The Kier molecular flexibility index (Phi) is 5.02. The van der Waals surface area contributed by atoms with Gasteiger partial charge in [-0.05, 0) is 31.2 Å². The van der Waals surface area contributed by atoms with Crippen molar-refractivity contribution in [3.8, 4) is 0 Å². The number of benzene rings is 1. The van der Waals surface area contributed by atoms with Crippen LogP contribution in [-0.2, 0) is 4.79 Å². The summed E-state index contributed by atoms with van der Waals surface area (Å²) in [6.07, 6.45) is 5.63. The van der Waals surface area contributed by atoms with Gasteiger partial charge in [-0.2, -0.15) is 0 Å². The van der Waals surface area contributed by atoms with E-state index in [1.807, 2.05) is 30.5 Å². The molecule has 1 fully saturated rings. The first-order valence-corrected chi connectivity index (χ1v) is 7.88. The fourth-order valence-electron chi connectivity index (χ4n) is 2.25. The third kappa shape index (κ3) is 3.83. The first-order chi connectivity index (χ1) is 9.20. The van der Waals surface area contributed by atoms with E-state index in [1.165, 1.54) is 0 Å². The highest BCUT2D eigenvalue weighted by molar-refractivity contribution is 7.98. The molecule has 1 aliphatic rings. The van der Waals surface area contributed by atoms with E-state index in [4.69, 9.17) is 0 Å². The fraction of sp³-hybridized carbons (Fsp3) is 0.467. The van der Waals surface area contributed by atoms with E-state index in [2.05, 4.69) is 0 Å². The number of Topliss-reactive ketones (excluding diaryl/α,β-unsaturated/α-hetero) is 1. The zero-order valence-corrected chi connectivity index (χ0v) is 12.0. The highest BCUT2D eigenvalue weighted by Crippen LogP contribution is 2.16. The van der Waals surface area contributed by atoms with Crippen molar-refractivity contribution in [3.63, 3.8) is 0 Å². The number of nitrogens with zero attached hydrogens (tertiary/aromatic N) is 1. The van der Waals surface area contributed by atoms with Crippen LogP contribution in [0.3, 0.4) is 0 Å². The molecule has 0 N–H and O–H groups in total. The molecule has 1 aromatic carbocycles. The summed E-state index contributed by atoms with van der Waals surface area (Å²) in [5.41, 5.74) is 0.690. The third-order valence-corrected chi connectivity index (χ3v) is 4.16. The predicted octanol–water partition coefficient (Wildman–Crippen LogP) is 2.99. The van der Waals surface area contributed by atoms with Crippen molar-refractivity contribution < 1.29 is 9.59 Å². The molecule has 0 unspecified atom stereocenters. The molecule has 102 valence electrons. The maximum Gasteiger partial charge on any atom is 0.222 e. The lowest BCUT2D eigenvalue weighted by Crippen LogP contribution is -2.35. The Hall–Kier alpha value is -1.29. The maximum absolute atomic E-state index is 12.2. The smallest absolute Gasteiger partial charge is 0.222 e. The van der Waals surface area contributed by atoms with E-state index >= 15 is 0 Å². The van der Waals surface area contributed by atoms with Crippen LogP contribution in [0.2, 0.25) is 0 Å². The second kappa shape index (κ2) is 6.75. The molecule has 1 heterocycles. The van der Waals surface area contributed by atoms with Gasteiger partial charge in [0.15, 0.2) is 5.78 Å². The van der Waals surface area contributed by atoms with E-state index < -0.39 is 0 Å². The van der Waals surface area contributed by atoms with E-state index in [9.17, 15) is 9.59 Å². The van der Waals surface area contributed by atoms with Gasteiger partial charge < -0.3 is 4.90 Å². The lowest BCUT2D eigenvalue weighted by atomic mass is 10.1. The summed E-state index contributed by atoms with van der Waals surface area (Å²) in [5, 5.41) is 0. The molecule has 0 aromatic heterocycles. The van der Waals surface area contributed by atoms with Gasteiger partial charge in [-0.1, -0.05) is 18.6 Å². The Labute approximate surface area is 118 Å². The van der Waals surface area contributed by atoms with Gasteiger partial charge in [-0.3, -0.25) is 9.59 Å². The zero-order valence-electron chi connectivity index (χ0n) is 11.2. The molecule has 1 amide bonds. The van der Waals surface area contributed by atoms with Crippen molar-refractivity contribution in [2.24, 2.45) is 0 Å². The molecule has 1 aliphatic heterocycles. The lowest BCUT2D eigenvalue weighted by molar-refractivity contribution is -0.130. The lowest BCUT2D eigenvalue weighted by Gasteiger charge is -2.19. The SMILES string of the molecule is CSc1ccc(C(=O)CN2CCCCCC2=O)cc1. The summed E-state index contributed by atoms with van der Waals surface area (Å²) < 4.78 is 0. The highest BCUT2D eigenvalue weighted by atomic mass is 32.2. The number of hydrogen-bond acceptors (Lipinski definition) is 3. The van der Waals surface area contributed by atoms with Crippen LogP contribution in [0.15, 0.2) is 29.2 Å². The van der Waals surface area contributed by atoms with Crippen LogP contribution in [-0.4, -0.2) is 35.9 Å². The quantitative estimate of drug-likeness (QED) is 0.627. The number of rotatable bonds is 4. The van der Waals surface area contributed by atoms with Gasteiger partial charge in [0.05, 0.1) is 6.54 Å². The van der Waals surface area contributed by atoms with Gasteiger partial charge >= 0.3 is 0 Å². The van der Waals surface area contributed by atoms with Crippen LogP contribution in [0.4, 0.5) is 0 Å². The average Bonchev–Trinajstić information content (AvgIpc) is 2.64. The average molecular weight is 277 g/mol. The Morgan fingerprint density at radius 1 is 1.21 bits per heavy atom. The highest BCUT2D eigenvalue weighted by Gasteiger charge is 2.19. The van der Waals surface area contributed by atoms with Gasteiger partial charge in [0.2, 0.25) is 5.91 Å². The van der Waals surface area contributed by atoms with Crippen LogP contribution in [0.5, 0.6) is 0 Å². The Morgan fingerprint density at radius 2 is 1.95 bits per heavy atom. The molecule has 19 heavy (non-hydrogen) atoms. The minimum Gasteiger partial charge on any atom is -0.335 e. The second-order valence-electron chi connectivity index (χ2n) is 4.78. The normalized spacial score (nSPS) is 16.3. The number of amides is 1. The van der Waals surface area contributed by atoms with Crippen molar-refractivity contribution >= 4 is 23.5 Å². The molecule has 0 bridgehead atoms. The Morgan fingerprint density at radius 3 is 2.63 bits per heavy atom. The topological polar surface area (TPSA) is 37.4 Å². The maximum atomic E-state index is 12.2. The van der Waals surface area contributed by atoms with Gasteiger partial charge in [-0.15, -0.1) is 11.8 Å². The zero-order chi connectivity index (χ0) is 13.7.